The molecule has 3 unspecified atom stereocenters. The molecule has 3 atom stereocenters. The fourth-order valence-corrected chi connectivity index (χ4v) is 6.88. The van der Waals surface area contributed by atoms with E-state index in [2.05, 4.69) is 23.2 Å². The molecule has 3 aromatic rings. The molecule has 218 valence electrons. The van der Waals surface area contributed by atoms with Crippen molar-refractivity contribution < 1.29 is 24.5 Å². The van der Waals surface area contributed by atoms with Crippen molar-refractivity contribution in [1.29, 1.82) is 0 Å². The van der Waals surface area contributed by atoms with Crippen LogP contribution in [0.15, 0.2) is 60.8 Å². The van der Waals surface area contributed by atoms with Crippen LogP contribution in [0.5, 0.6) is 17.2 Å². The highest BCUT2D eigenvalue weighted by molar-refractivity contribution is 6.01. The molecule has 3 N–H and O–H groups in total. The number of aromatic nitrogens is 1. The molecule has 2 aromatic carbocycles. The average molecular weight is 566 g/mol. The van der Waals surface area contributed by atoms with Crippen LogP contribution >= 0.6 is 0 Å². The maximum Gasteiger partial charge on any atom is 0.161 e. The molecule has 6 heteroatoms. The van der Waals surface area contributed by atoms with E-state index in [1.54, 1.807) is 12.1 Å². The maximum absolute atomic E-state index is 13.6. The standard InChI is InChI=1S/C36H39NO5/c38-26(13-9-24-11-17-34(40)36(21-24)42-27-5-1-2-6-27)22-35(41)30-15-16-32-29(18-19-37-32)31(30)20-23-8-12-25-4-3-7-33(39)28(25)14-10-23/h3-4,7,10-11,14-19,21,23,27,30-31,37,39-40H,1-2,5-6,8-9,12-13,20,22H2. The summed E-state index contributed by atoms with van der Waals surface area (Å²) < 4.78 is 6.01. The third kappa shape index (κ3) is 6.23. The van der Waals surface area contributed by atoms with Gasteiger partial charge in [-0.05, 0) is 110 Å². The number of phenolic OH excluding ortho intramolecular Hbond substituents is 2. The molecule has 1 heterocycles. The van der Waals surface area contributed by atoms with Crippen LogP contribution in [0.3, 0.4) is 0 Å². The van der Waals surface area contributed by atoms with E-state index in [1.807, 2.05) is 42.6 Å². The molecule has 6 rings (SSSR count). The summed E-state index contributed by atoms with van der Waals surface area (Å²) in [4.78, 5) is 29.9. The topological polar surface area (TPSA) is 99.6 Å². The lowest BCUT2D eigenvalue weighted by Gasteiger charge is -2.29. The molecule has 1 saturated carbocycles. The second kappa shape index (κ2) is 12.4. The molecule has 3 aliphatic rings. The molecule has 0 amide bonds. The molecule has 6 nitrogen and oxygen atoms in total. The maximum atomic E-state index is 13.6. The van der Waals surface area contributed by atoms with E-state index in [0.717, 1.165) is 72.9 Å². The van der Waals surface area contributed by atoms with Crippen molar-refractivity contribution in [2.24, 2.45) is 11.8 Å². The monoisotopic (exact) mass is 565 g/mol. The largest absolute Gasteiger partial charge is 0.507 e. The lowest BCUT2D eigenvalue weighted by molar-refractivity contribution is -0.128. The molecule has 0 spiro atoms. The van der Waals surface area contributed by atoms with E-state index in [9.17, 15) is 19.8 Å². The normalized spacial score (nSPS) is 21.5. The molecule has 0 radical (unpaired) electrons. The first-order valence-corrected chi connectivity index (χ1v) is 15.3. The van der Waals surface area contributed by atoms with E-state index >= 15 is 0 Å². The number of fused-ring (bicyclic) bond motifs is 2. The lowest BCUT2D eigenvalue weighted by Crippen LogP contribution is -2.26. The van der Waals surface area contributed by atoms with Gasteiger partial charge in [-0.2, -0.15) is 0 Å². The number of nitrogens with one attached hydrogen (secondary N) is 1. The number of Topliss-reactive ketones (excluding diaryl/α,β-unsaturated/α-hetero) is 2. The molecular weight excluding hydrogens is 526 g/mol. The van der Waals surface area contributed by atoms with Crippen LogP contribution in [0, 0.1) is 11.8 Å². The number of ketones is 2. The number of phenols is 2. The molecule has 0 saturated heterocycles. The molecule has 3 aliphatic carbocycles. The summed E-state index contributed by atoms with van der Waals surface area (Å²) in [6, 6.07) is 13.0. The average Bonchev–Trinajstić information content (AvgIpc) is 3.63. The quantitative estimate of drug-likeness (QED) is 0.224. The van der Waals surface area contributed by atoms with Gasteiger partial charge in [-0.1, -0.05) is 36.4 Å². The number of benzene rings is 2. The van der Waals surface area contributed by atoms with Gasteiger partial charge in [0, 0.05) is 29.8 Å². The van der Waals surface area contributed by atoms with Crippen LogP contribution in [-0.4, -0.2) is 32.9 Å². The van der Waals surface area contributed by atoms with Crippen molar-refractivity contribution in [3.8, 4) is 17.2 Å². The first kappa shape index (κ1) is 28.1. The Morgan fingerprint density at radius 1 is 0.952 bits per heavy atom. The Bertz CT molecular complexity index is 1510. The summed E-state index contributed by atoms with van der Waals surface area (Å²) in [6.07, 6.45) is 17.7. The summed E-state index contributed by atoms with van der Waals surface area (Å²) in [5, 5.41) is 20.6. The van der Waals surface area contributed by atoms with Crippen LogP contribution in [-0.2, 0) is 22.4 Å². The zero-order valence-electron chi connectivity index (χ0n) is 23.9. The van der Waals surface area contributed by atoms with Crippen LogP contribution in [0.4, 0.5) is 0 Å². The van der Waals surface area contributed by atoms with Crippen molar-refractivity contribution in [3.63, 3.8) is 0 Å². The molecule has 1 aromatic heterocycles. The summed E-state index contributed by atoms with van der Waals surface area (Å²) >= 11 is 0. The van der Waals surface area contributed by atoms with Gasteiger partial charge < -0.3 is 19.9 Å². The van der Waals surface area contributed by atoms with E-state index in [4.69, 9.17) is 4.74 Å². The van der Waals surface area contributed by atoms with Crippen molar-refractivity contribution >= 4 is 23.7 Å². The third-order valence-corrected chi connectivity index (χ3v) is 9.22. The first-order valence-electron chi connectivity index (χ1n) is 15.3. The van der Waals surface area contributed by atoms with Gasteiger partial charge in [0.2, 0.25) is 0 Å². The Labute approximate surface area is 247 Å². The number of rotatable bonds is 10. The van der Waals surface area contributed by atoms with Crippen molar-refractivity contribution in [2.75, 3.05) is 0 Å². The lowest BCUT2D eigenvalue weighted by atomic mass is 9.73. The second-order valence-electron chi connectivity index (χ2n) is 12.1. The van der Waals surface area contributed by atoms with Crippen molar-refractivity contribution in [1.82, 2.24) is 4.98 Å². The molecular formula is C36H39NO5. The van der Waals surface area contributed by atoms with Gasteiger partial charge in [0.15, 0.2) is 11.5 Å². The van der Waals surface area contributed by atoms with Gasteiger partial charge in [-0.15, -0.1) is 0 Å². The number of hydrogen-bond donors (Lipinski definition) is 3. The number of aromatic amines is 1. The number of ether oxygens (including phenoxy) is 1. The number of hydrogen-bond acceptors (Lipinski definition) is 5. The minimum Gasteiger partial charge on any atom is -0.507 e. The third-order valence-electron chi connectivity index (χ3n) is 9.22. The van der Waals surface area contributed by atoms with Gasteiger partial charge in [0.05, 0.1) is 12.5 Å². The second-order valence-corrected chi connectivity index (χ2v) is 12.1. The minimum absolute atomic E-state index is 0.0200. The highest BCUT2D eigenvalue weighted by Crippen LogP contribution is 2.42. The SMILES string of the molecule is O=C(CCc1ccc(O)c(OC2CCCC2)c1)CC(=O)C1C=Cc2[nH]ccc2C1CC1C=Cc2c(O)cccc2CC1. The summed E-state index contributed by atoms with van der Waals surface area (Å²) in [7, 11) is 0. The number of carbonyl (C=O) groups excluding carboxylic acids is 2. The summed E-state index contributed by atoms with van der Waals surface area (Å²) in [5.74, 6) is 0.660. The number of carbonyl (C=O) groups is 2. The van der Waals surface area contributed by atoms with Crippen LogP contribution < -0.4 is 4.74 Å². The number of aromatic hydroxyl groups is 2. The van der Waals surface area contributed by atoms with E-state index in [-0.39, 0.29) is 54.0 Å². The van der Waals surface area contributed by atoms with Crippen LogP contribution in [0.1, 0.15) is 85.2 Å². The Balaban J connectivity index is 1.09. The molecule has 0 aliphatic heterocycles. The first-order chi connectivity index (χ1) is 20.4. The number of H-pyrrole nitrogens is 1. The zero-order chi connectivity index (χ0) is 29.1. The van der Waals surface area contributed by atoms with Gasteiger partial charge in [0.1, 0.15) is 17.3 Å². The number of aryl methyl sites for hydroxylation is 2. The van der Waals surface area contributed by atoms with E-state index in [0.29, 0.717) is 17.9 Å². The van der Waals surface area contributed by atoms with Crippen LogP contribution in [0.25, 0.3) is 12.2 Å². The van der Waals surface area contributed by atoms with Crippen LogP contribution in [0.2, 0.25) is 0 Å². The summed E-state index contributed by atoms with van der Waals surface area (Å²) in [6.45, 7) is 0. The smallest absolute Gasteiger partial charge is 0.161 e. The highest BCUT2D eigenvalue weighted by atomic mass is 16.5. The Morgan fingerprint density at radius 2 is 1.81 bits per heavy atom. The van der Waals surface area contributed by atoms with Crippen molar-refractivity contribution in [3.05, 3.63) is 88.8 Å². The van der Waals surface area contributed by atoms with Gasteiger partial charge >= 0.3 is 0 Å². The molecule has 0 bridgehead atoms. The predicted octanol–water partition coefficient (Wildman–Crippen LogP) is 7.30. The highest BCUT2D eigenvalue weighted by Gasteiger charge is 2.34. The molecule has 42 heavy (non-hydrogen) atoms. The molecule has 1 fully saturated rings. The Morgan fingerprint density at radius 3 is 2.67 bits per heavy atom. The van der Waals surface area contributed by atoms with E-state index < -0.39 is 0 Å². The predicted molar refractivity (Wildman–Crippen MR) is 164 cm³/mol. The Hall–Kier alpha value is -4.06. The summed E-state index contributed by atoms with van der Waals surface area (Å²) in [5.41, 5.74) is 5.09. The zero-order valence-corrected chi connectivity index (χ0v) is 23.9. The van der Waals surface area contributed by atoms with Gasteiger partial charge in [-0.3, -0.25) is 9.59 Å². The van der Waals surface area contributed by atoms with Gasteiger partial charge in [-0.25, -0.2) is 0 Å². The Kier molecular flexibility index (Phi) is 8.31. The minimum atomic E-state index is -0.357. The fourth-order valence-electron chi connectivity index (χ4n) is 6.88. The number of allylic oxidation sites excluding steroid dienone is 2. The van der Waals surface area contributed by atoms with E-state index in [1.165, 1.54) is 0 Å². The van der Waals surface area contributed by atoms with Crippen molar-refractivity contribution in [2.45, 2.75) is 76.2 Å². The van der Waals surface area contributed by atoms with Gasteiger partial charge in [0.25, 0.3) is 0 Å². The fraction of sp³-hybridized carbons (Fsp3) is 0.389.